The van der Waals surface area contributed by atoms with E-state index < -0.39 is 0 Å². The largest absolute Gasteiger partial charge is 0.444 e. The van der Waals surface area contributed by atoms with Crippen LogP contribution in [-0.4, -0.2) is 24.0 Å². The highest BCUT2D eigenvalue weighted by Gasteiger charge is 2.54. The Morgan fingerprint density at radius 2 is 2.12 bits per heavy atom. The number of fused-ring (bicyclic) bond motifs is 3. The molecule has 0 radical (unpaired) electrons. The number of hydrogen-bond donors (Lipinski definition) is 2. The Morgan fingerprint density at radius 3 is 2.88 bits per heavy atom. The summed E-state index contributed by atoms with van der Waals surface area (Å²) in [5, 5.41) is 6.81. The monoisotopic (exact) mass is 338 g/mol. The third-order valence-corrected chi connectivity index (χ3v) is 5.50. The van der Waals surface area contributed by atoms with Gasteiger partial charge in [-0.05, 0) is 56.1 Å². The molecule has 5 heteroatoms. The summed E-state index contributed by atoms with van der Waals surface area (Å²) in [7, 11) is 0. The van der Waals surface area contributed by atoms with Crippen LogP contribution in [0, 0.1) is 25.7 Å². The van der Waals surface area contributed by atoms with Crippen LogP contribution < -0.4 is 10.6 Å². The number of guanidine groups is 1. The van der Waals surface area contributed by atoms with E-state index in [1.807, 2.05) is 13.8 Å². The molecule has 2 aliphatic carbocycles. The van der Waals surface area contributed by atoms with Gasteiger partial charge in [0.1, 0.15) is 12.3 Å². The van der Waals surface area contributed by atoms with Gasteiger partial charge in [0.15, 0.2) is 5.96 Å². The molecule has 132 valence electrons. The lowest BCUT2D eigenvalue weighted by atomic mass is 10.0. The van der Waals surface area contributed by atoms with E-state index in [-0.39, 0.29) is 0 Å². The zero-order valence-electron chi connectivity index (χ0n) is 15.2. The quantitative estimate of drug-likeness (QED) is 0.650. The molecule has 25 heavy (non-hydrogen) atoms. The number of aliphatic imine (C=N–C) groups is 1. The fraction of sp³-hybridized carbons (Fsp3) is 0.500. The van der Waals surface area contributed by atoms with Crippen LogP contribution in [0.15, 0.2) is 33.7 Å². The Balaban J connectivity index is 1.35. The Bertz CT molecular complexity index is 775. The van der Waals surface area contributed by atoms with E-state index in [1.54, 1.807) is 11.1 Å². The van der Waals surface area contributed by atoms with E-state index in [9.17, 15) is 0 Å². The normalized spacial score (nSPS) is 24.0. The molecule has 1 aromatic heterocycles. The maximum absolute atomic E-state index is 5.61. The first-order valence-electron chi connectivity index (χ1n) is 9.20. The maximum Gasteiger partial charge on any atom is 0.216 e. The van der Waals surface area contributed by atoms with Gasteiger partial charge in [0.05, 0.1) is 5.69 Å². The first kappa shape index (κ1) is 16.2. The molecule has 3 atom stereocenters. The first-order chi connectivity index (χ1) is 12.2. The third kappa shape index (κ3) is 3.15. The number of hydrogen-bond acceptors (Lipinski definition) is 3. The minimum absolute atomic E-state index is 0.463. The second kappa shape index (κ2) is 6.54. The summed E-state index contributed by atoms with van der Waals surface area (Å²) in [4.78, 5) is 9.01. The van der Waals surface area contributed by atoms with Crippen molar-refractivity contribution in [3.63, 3.8) is 0 Å². The van der Waals surface area contributed by atoms with Crippen molar-refractivity contribution in [1.82, 2.24) is 15.6 Å². The van der Waals surface area contributed by atoms with Gasteiger partial charge >= 0.3 is 0 Å². The van der Waals surface area contributed by atoms with Gasteiger partial charge in [0.2, 0.25) is 5.89 Å². The van der Waals surface area contributed by atoms with Crippen molar-refractivity contribution in [3.05, 3.63) is 52.7 Å². The summed E-state index contributed by atoms with van der Waals surface area (Å²) in [6.07, 6.45) is 1.23. The van der Waals surface area contributed by atoms with Gasteiger partial charge in [0, 0.05) is 13.1 Å². The van der Waals surface area contributed by atoms with Crippen molar-refractivity contribution in [2.45, 2.75) is 39.7 Å². The molecule has 0 bridgehead atoms. The summed E-state index contributed by atoms with van der Waals surface area (Å²) >= 11 is 0. The van der Waals surface area contributed by atoms with Gasteiger partial charge in [-0.1, -0.05) is 24.3 Å². The second-order valence-corrected chi connectivity index (χ2v) is 7.08. The molecule has 0 amide bonds. The summed E-state index contributed by atoms with van der Waals surface area (Å²) in [5.74, 6) is 4.66. The fourth-order valence-corrected chi connectivity index (χ4v) is 4.07. The van der Waals surface area contributed by atoms with Crippen LogP contribution in [0.5, 0.6) is 0 Å². The number of nitrogens with zero attached hydrogens (tertiary/aromatic N) is 2. The van der Waals surface area contributed by atoms with Gasteiger partial charge in [-0.15, -0.1) is 0 Å². The van der Waals surface area contributed by atoms with Crippen LogP contribution in [0.4, 0.5) is 0 Å². The second-order valence-electron chi connectivity index (χ2n) is 7.08. The molecule has 1 fully saturated rings. The SMILES string of the molecule is CCNC(=NCc1nc(C)c(C)o1)NCC1C2Cc3ccccc3C12. The lowest BCUT2D eigenvalue weighted by Crippen LogP contribution is -2.38. The number of aromatic nitrogens is 1. The van der Waals surface area contributed by atoms with E-state index in [2.05, 4.69) is 51.8 Å². The molecule has 1 heterocycles. The molecule has 0 spiro atoms. The van der Waals surface area contributed by atoms with Crippen molar-refractivity contribution >= 4 is 5.96 Å². The third-order valence-electron chi connectivity index (χ3n) is 5.50. The zero-order chi connectivity index (χ0) is 17.4. The summed E-state index contributed by atoms with van der Waals surface area (Å²) < 4.78 is 5.61. The average molecular weight is 338 g/mol. The van der Waals surface area contributed by atoms with E-state index >= 15 is 0 Å². The molecule has 2 aromatic rings. The van der Waals surface area contributed by atoms with E-state index in [4.69, 9.17) is 4.42 Å². The summed E-state index contributed by atoms with van der Waals surface area (Å²) in [5.41, 5.74) is 4.04. The molecular formula is C20H26N4O. The van der Waals surface area contributed by atoms with Crippen molar-refractivity contribution in [1.29, 1.82) is 0 Å². The highest BCUT2D eigenvalue weighted by Crippen LogP contribution is 2.60. The standard InChI is InChI=1S/C20H26N4O/c1-4-21-20(23-11-18-24-12(2)13(3)25-18)22-10-17-16-9-14-7-5-6-8-15(14)19(16)17/h5-8,16-17,19H,4,9-11H2,1-3H3,(H2,21,22,23). The highest BCUT2D eigenvalue weighted by molar-refractivity contribution is 5.79. The molecule has 1 saturated carbocycles. The van der Waals surface area contributed by atoms with Crippen LogP contribution >= 0.6 is 0 Å². The van der Waals surface area contributed by atoms with Crippen molar-refractivity contribution in [2.75, 3.05) is 13.1 Å². The van der Waals surface area contributed by atoms with Crippen molar-refractivity contribution in [3.8, 4) is 0 Å². The van der Waals surface area contributed by atoms with Crippen LogP contribution in [0.25, 0.3) is 0 Å². The van der Waals surface area contributed by atoms with Crippen molar-refractivity contribution in [2.24, 2.45) is 16.8 Å². The number of rotatable bonds is 5. The van der Waals surface area contributed by atoms with Gasteiger partial charge < -0.3 is 15.1 Å². The number of aryl methyl sites for hydroxylation is 2. The lowest BCUT2D eigenvalue weighted by Gasteiger charge is -2.12. The maximum atomic E-state index is 5.61. The molecule has 5 nitrogen and oxygen atoms in total. The Kier molecular flexibility index (Phi) is 4.24. The molecule has 3 unspecified atom stereocenters. The average Bonchev–Trinajstić information content (AvgIpc) is 2.97. The van der Waals surface area contributed by atoms with Crippen molar-refractivity contribution < 1.29 is 4.42 Å². The zero-order valence-corrected chi connectivity index (χ0v) is 15.2. The smallest absolute Gasteiger partial charge is 0.216 e. The van der Waals surface area contributed by atoms with Gasteiger partial charge in [0.25, 0.3) is 0 Å². The molecule has 4 rings (SSSR count). The van der Waals surface area contributed by atoms with Gasteiger partial charge in [-0.2, -0.15) is 0 Å². The number of oxazole rings is 1. The van der Waals surface area contributed by atoms with E-state index in [0.717, 1.165) is 48.3 Å². The van der Waals surface area contributed by atoms with Crippen LogP contribution in [0.2, 0.25) is 0 Å². The topological polar surface area (TPSA) is 62.5 Å². The number of benzene rings is 1. The first-order valence-corrected chi connectivity index (χ1v) is 9.20. The Labute approximate surface area is 149 Å². The summed E-state index contributed by atoms with van der Waals surface area (Å²) in [6, 6.07) is 8.89. The Hall–Kier alpha value is -2.30. The van der Waals surface area contributed by atoms with E-state index in [0.29, 0.717) is 12.4 Å². The van der Waals surface area contributed by atoms with E-state index in [1.165, 1.54) is 6.42 Å². The fourth-order valence-electron chi connectivity index (χ4n) is 4.07. The minimum atomic E-state index is 0.463. The predicted octanol–water partition coefficient (Wildman–Crippen LogP) is 2.93. The Morgan fingerprint density at radius 1 is 1.28 bits per heavy atom. The molecule has 1 aromatic carbocycles. The lowest BCUT2D eigenvalue weighted by molar-refractivity contribution is 0.472. The predicted molar refractivity (Wildman–Crippen MR) is 98.7 cm³/mol. The molecule has 0 saturated heterocycles. The molecule has 2 aliphatic rings. The molecular weight excluding hydrogens is 312 g/mol. The molecule has 0 aliphatic heterocycles. The van der Waals surface area contributed by atoms with Crippen LogP contribution in [-0.2, 0) is 13.0 Å². The van der Waals surface area contributed by atoms with Crippen LogP contribution in [0.1, 0.15) is 41.3 Å². The highest BCUT2D eigenvalue weighted by atomic mass is 16.4. The van der Waals surface area contributed by atoms with Crippen LogP contribution in [0.3, 0.4) is 0 Å². The minimum Gasteiger partial charge on any atom is -0.444 e. The number of nitrogens with one attached hydrogen (secondary N) is 2. The summed E-state index contributed by atoms with van der Waals surface area (Å²) in [6.45, 7) is 8.25. The van der Waals surface area contributed by atoms with Gasteiger partial charge in [-0.3, -0.25) is 0 Å². The molecule has 2 N–H and O–H groups in total. The van der Waals surface area contributed by atoms with Gasteiger partial charge in [-0.25, -0.2) is 9.98 Å².